The highest BCUT2D eigenvalue weighted by atomic mass is 16.5. The van der Waals surface area contributed by atoms with Crippen LogP contribution in [0.25, 0.3) is 0 Å². The maximum absolute atomic E-state index is 12.0. The minimum absolute atomic E-state index is 0.187. The third-order valence-corrected chi connectivity index (χ3v) is 3.03. The van der Waals surface area contributed by atoms with E-state index in [0.29, 0.717) is 13.0 Å². The molecule has 0 radical (unpaired) electrons. The number of aliphatic carboxylic acids is 1. The SMILES string of the molecule is CC(C)C[C@H](NC(=O)C(C)OCc1ccccc1)C(=O)O. The van der Waals surface area contributed by atoms with Gasteiger partial charge in [-0.15, -0.1) is 0 Å². The largest absolute Gasteiger partial charge is 0.480 e. The van der Waals surface area contributed by atoms with Crippen molar-refractivity contribution in [2.75, 3.05) is 0 Å². The maximum atomic E-state index is 12.0. The van der Waals surface area contributed by atoms with E-state index in [2.05, 4.69) is 5.32 Å². The monoisotopic (exact) mass is 293 g/mol. The zero-order valence-corrected chi connectivity index (χ0v) is 12.7. The molecule has 0 spiro atoms. The van der Waals surface area contributed by atoms with Gasteiger partial charge in [0.2, 0.25) is 5.91 Å². The first-order chi connectivity index (χ1) is 9.90. The van der Waals surface area contributed by atoms with Crippen molar-refractivity contribution in [1.82, 2.24) is 5.32 Å². The van der Waals surface area contributed by atoms with Gasteiger partial charge in [0.1, 0.15) is 12.1 Å². The fraction of sp³-hybridized carbons (Fsp3) is 0.500. The molecule has 1 unspecified atom stereocenters. The van der Waals surface area contributed by atoms with Crippen LogP contribution in [0.5, 0.6) is 0 Å². The summed E-state index contributed by atoms with van der Waals surface area (Å²) in [7, 11) is 0. The molecule has 0 aromatic heterocycles. The zero-order chi connectivity index (χ0) is 15.8. The Bertz CT molecular complexity index is 459. The van der Waals surface area contributed by atoms with Crippen molar-refractivity contribution in [3.63, 3.8) is 0 Å². The molecule has 21 heavy (non-hydrogen) atoms. The normalized spacial score (nSPS) is 13.7. The van der Waals surface area contributed by atoms with E-state index >= 15 is 0 Å². The summed E-state index contributed by atoms with van der Waals surface area (Å²) in [5.41, 5.74) is 0.967. The smallest absolute Gasteiger partial charge is 0.326 e. The Labute approximate surface area is 125 Å². The molecule has 0 saturated heterocycles. The van der Waals surface area contributed by atoms with Crippen LogP contribution in [0.2, 0.25) is 0 Å². The quantitative estimate of drug-likeness (QED) is 0.770. The van der Waals surface area contributed by atoms with Crippen molar-refractivity contribution in [3.8, 4) is 0 Å². The number of benzene rings is 1. The van der Waals surface area contributed by atoms with Crippen molar-refractivity contribution < 1.29 is 19.4 Å². The molecule has 0 fully saturated rings. The summed E-state index contributed by atoms with van der Waals surface area (Å²) >= 11 is 0. The lowest BCUT2D eigenvalue weighted by atomic mass is 10.0. The van der Waals surface area contributed by atoms with Gasteiger partial charge < -0.3 is 15.2 Å². The average molecular weight is 293 g/mol. The highest BCUT2D eigenvalue weighted by Crippen LogP contribution is 2.07. The summed E-state index contributed by atoms with van der Waals surface area (Å²) in [6.07, 6.45) is -0.300. The van der Waals surface area contributed by atoms with Crippen molar-refractivity contribution in [2.24, 2.45) is 5.92 Å². The van der Waals surface area contributed by atoms with Gasteiger partial charge >= 0.3 is 5.97 Å². The van der Waals surface area contributed by atoms with E-state index in [1.807, 2.05) is 44.2 Å². The first-order valence-corrected chi connectivity index (χ1v) is 7.09. The van der Waals surface area contributed by atoms with E-state index in [9.17, 15) is 9.59 Å². The molecule has 2 N–H and O–H groups in total. The van der Waals surface area contributed by atoms with Gasteiger partial charge in [0.15, 0.2) is 0 Å². The summed E-state index contributed by atoms with van der Waals surface area (Å²) in [6.45, 7) is 5.76. The molecule has 0 aliphatic heterocycles. The molecular formula is C16H23NO4. The lowest BCUT2D eigenvalue weighted by Crippen LogP contribution is -2.46. The highest BCUT2D eigenvalue weighted by molar-refractivity contribution is 5.86. The molecule has 1 aromatic rings. The molecule has 0 saturated carbocycles. The summed E-state index contributed by atoms with van der Waals surface area (Å²) in [5, 5.41) is 11.6. The lowest BCUT2D eigenvalue weighted by molar-refractivity contribution is -0.144. The van der Waals surface area contributed by atoms with Crippen LogP contribution in [0.1, 0.15) is 32.8 Å². The second-order valence-electron chi connectivity index (χ2n) is 5.47. The molecule has 0 heterocycles. The number of hydrogen-bond acceptors (Lipinski definition) is 3. The topological polar surface area (TPSA) is 75.6 Å². The van der Waals surface area contributed by atoms with Crippen LogP contribution >= 0.6 is 0 Å². The Balaban J connectivity index is 2.47. The van der Waals surface area contributed by atoms with Gasteiger partial charge in [-0.2, -0.15) is 0 Å². The van der Waals surface area contributed by atoms with Crippen LogP contribution in [0.3, 0.4) is 0 Å². The van der Waals surface area contributed by atoms with Crippen LogP contribution in [-0.2, 0) is 20.9 Å². The Morgan fingerprint density at radius 3 is 2.33 bits per heavy atom. The molecule has 0 aliphatic rings. The van der Waals surface area contributed by atoms with Crippen LogP contribution in [0, 0.1) is 5.92 Å². The molecule has 116 valence electrons. The van der Waals surface area contributed by atoms with E-state index < -0.39 is 24.0 Å². The number of nitrogens with one attached hydrogen (secondary N) is 1. The number of carboxylic acids is 1. The van der Waals surface area contributed by atoms with Gasteiger partial charge in [-0.05, 0) is 24.8 Å². The molecular weight excluding hydrogens is 270 g/mol. The minimum Gasteiger partial charge on any atom is -0.480 e. The third kappa shape index (κ3) is 6.40. The standard InChI is InChI=1S/C16H23NO4/c1-11(2)9-14(16(19)20)17-15(18)12(3)21-10-13-7-5-4-6-8-13/h4-8,11-12,14H,9-10H2,1-3H3,(H,17,18)(H,19,20)/t12?,14-/m0/s1. The summed E-state index contributed by atoms with van der Waals surface area (Å²) < 4.78 is 5.47. The van der Waals surface area contributed by atoms with E-state index in [1.165, 1.54) is 0 Å². The summed E-state index contributed by atoms with van der Waals surface area (Å²) in [5.74, 6) is -1.24. The van der Waals surface area contributed by atoms with Crippen molar-refractivity contribution in [3.05, 3.63) is 35.9 Å². The second-order valence-corrected chi connectivity index (χ2v) is 5.47. The van der Waals surface area contributed by atoms with Gasteiger partial charge in [0, 0.05) is 0 Å². The van der Waals surface area contributed by atoms with Crippen LogP contribution in [0.4, 0.5) is 0 Å². The fourth-order valence-electron chi connectivity index (χ4n) is 1.85. The zero-order valence-electron chi connectivity index (χ0n) is 12.7. The van der Waals surface area contributed by atoms with Crippen LogP contribution in [0.15, 0.2) is 30.3 Å². The molecule has 0 aliphatic carbocycles. The summed E-state index contributed by atoms with van der Waals surface area (Å²) in [6, 6.07) is 8.63. The number of carboxylic acid groups (broad SMARTS) is 1. The third-order valence-electron chi connectivity index (χ3n) is 3.03. The fourth-order valence-corrected chi connectivity index (χ4v) is 1.85. The molecule has 2 atom stereocenters. The van der Waals surface area contributed by atoms with Gasteiger partial charge in [0.25, 0.3) is 0 Å². The van der Waals surface area contributed by atoms with E-state index in [-0.39, 0.29) is 5.92 Å². The van der Waals surface area contributed by atoms with Crippen LogP contribution in [-0.4, -0.2) is 29.1 Å². The number of hydrogen-bond donors (Lipinski definition) is 2. The second kappa shape index (κ2) is 8.42. The molecule has 5 nitrogen and oxygen atoms in total. The summed E-state index contributed by atoms with van der Waals surface area (Å²) in [4.78, 5) is 23.1. The Hall–Kier alpha value is -1.88. The number of rotatable bonds is 8. The van der Waals surface area contributed by atoms with Gasteiger partial charge in [-0.3, -0.25) is 4.79 Å². The molecule has 1 amide bonds. The van der Waals surface area contributed by atoms with Gasteiger partial charge in [-0.1, -0.05) is 44.2 Å². The predicted molar refractivity (Wildman–Crippen MR) is 79.7 cm³/mol. The molecule has 0 bridgehead atoms. The van der Waals surface area contributed by atoms with Crippen molar-refractivity contribution >= 4 is 11.9 Å². The van der Waals surface area contributed by atoms with E-state index in [1.54, 1.807) is 6.92 Å². The minimum atomic E-state index is -1.02. The highest BCUT2D eigenvalue weighted by Gasteiger charge is 2.24. The van der Waals surface area contributed by atoms with Crippen molar-refractivity contribution in [2.45, 2.75) is 45.9 Å². The van der Waals surface area contributed by atoms with Gasteiger partial charge in [0.05, 0.1) is 6.61 Å². The number of amides is 1. The lowest BCUT2D eigenvalue weighted by Gasteiger charge is -2.19. The number of ether oxygens (including phenoxy) is 1. The van der Waals surface area contributed by atoms with Crippen molar-refractivity contribution in [1.29, 1.82) is 0 Å². The molecule has 5 heteroatoms. The Kier molecular flexibility index (Phi) is 6.88. The average Bonchev–Trinajstić information content (AvgIpc) is 2.44. The van der Waals surface area contributed by atoms with Gasteiger partial charge in [-0.25, -0.2) is 4.79 Å². The number of carbonyl (C=O) groups excluding carboxylic acids is 1. The first kappa shape index (κ1) is 17.2. The maximum Gasteiger partial charge on any atom is 0.326 e. The Morgan fingerprint density at radius 1 is 1.19 bits per heavy atom. The van der Waals surface area contributed by atoms with Crippen LogP contribution < -0.4 is 5.32 Å². The molecule has 1 aromatic carbocycles. The Morgan fingerprint density at radius 2 is 1.81 bits per heavy atom. The number of carbonyl (C=O) groups is 2. The van der Waals surface area contributed by atoms with E-state index in [4.69, 9.17) is 9.84 Å². The van der Waals surface area contributed by atoms with E-state index in [0.717, 1.165) is 5.56 Å². The molecule has 1 rings (SSSR count). The predicted octanol–water partition coefficient (Wildman–Crippen LogP) is 2.21. The first-order valence-electron chi connectivity index (χ1n) is 7.09.